The van der Waals surface area contributed by atoms with Gasteiger partial charge in [0.15, 0.2) is 0 Å². The van der Waals surface area contributed by atoms with E-state index in [4.69, 9.17) is 9.47 Å². The van der Waals surface area contributed by atoms with Crippen LogP contribution in [-0.4, -0.2) is 62.8 Å². The molecule has 6 nitrogen and oxygen atoms in total. The topological polar surface area (TPSA) is 54.0 Å². The smallest absolute Gasteiger partial charge is 0.317 e. The van der Waals surface area contributed by atoms with Crippen LogP contribution in [-0.2, 0) is 0 Å². The van der Waals surface area contributed by atoms with Crippen molar-refractivity contribution in [3.63, 3.8) is 0 Å². The normalized spacial score (nSPS) is 16.8. The van der Waals surface area contributed by atoms with Gasteiger partial charge in [0.05, 0.1) is 20.3 Å². The molecule has 2 rings (SSSR count). The summed E-state index contributed by atoms with van der Waals surface area (Å²) in [5, 5.41) is 3.06. The number of benzene rings is 1. The first-order valence-electron chi connectivity index (χ1n) is 8.08. The Morgan fingerprint density at radius 2 is 1.91 bits per heavy atom. The van der Waals surface area contributed by atoms with Crippen LogP contribution in [0.3, 0.4) is 0 Å². The molecular formula is C17H27N3O3. The quantitative estimate of drug-likeness (QED) is 0.902. The number of carbonyl (C=O) groups is 1. The van der Waals surface area contributed by atoms with Gasteiger partial charge in [-0.15, -0.1) is 0 Å². The first-order chi connectivity index (χ1) is 11.1. The van der Waals surface area contributed by atoms with Gasteiger partial charge in [-0.3, -0.25) is 0 Å². The van der Waals surface area contributed by atoms with Crippen LogP contribution >= 0.6 is 0 Å². The molecule has 0 spiro atoms. The third-order valence-corrected chi connectivity index (χ3v) is 4.35. The molecule has 1 fully saturated rings. The molecule has 1 atom stereocenters. The average Bonchev–Trinajstić information content (AvgIpc) is 2.61. The lowest BCUT2D eigenvalue weighted by atomic mass is 10.1. The van der Waals surface area contributed by atoms with E-state index in [1.165, 1.54) is 0 Å². The SMILES string of the molecule is CCN1CCN(C(=O)NC(C)c2cc(OC)ccc2OC)CC1. The van der Waals surface area contributed by atoms with Crippen molar-refractivity contribution < 1.29 is 14.3 Å². The Balaban J connectivity index is 2.01. The lowest BCUT2D eigenvalue weighted by Gasteiger charge is -2.34. The van der Waals surface area contributed by atoms with Gasteiger partial charge in [-0.25, -0.2) is 4.79 Å². The molecule has 1 aromatic rings. The Hall–Kier alpha value is -1.95. The molecular weight excluding hydrogens is 294 g/mol. The number of hydrogen-bond donors (Lipinski definition) is 1. The van der Waals surface area contributed by atoms with Crippen LogP contribution in [0.15, 0.2) is 18.2 Å². The summed E-state index contributed by atoms with van der Waals surface area (Å²) in [5.74, 6) is 1.49. The number of rotatable bonds is 5. The highest BCUT2D eigenvalue weighted by Gasteiger charge is 2.22. The van der Waals surface area contributed by atoms with Crippen molar-refractivity contribution in [2.24, 2.45) is 0 Å². The molecule has 1 unspecified atom stereocenters. The summed E-state index contributed by atoms with van der Waals surface area (Å²) in [5.41, 5.74) is 0.910. The zero-order chi connectivity index (χ0) is 16.8. The van der Waals surface area contributed by atoms with Gasteiger partial charge in [0.25, 0.3) is 0 Å². The van der Waals surface area contributed by atoms with Crippen LogP contribution in [0.25, 0.3) is 0 Å². The lowest BCUT2D eigenvalue weighted by molar-refractivity contribution is 0.141. The first-order valence-corrected chi connectivity index (χ1v) is 8.08. The zero-order valence-corrected chi connectivity index (χ0v) is 14.5. The first kappa shape index (κ1) is 17.4. The van der Waals surface area contributed by atoms with Crippen LogP contribution in [0.2, 0.25) is 0 Å². The molecule has 6 heteroatoms. The van der Waals surface area contributed by atoms with Gasteiger partial charge in [0, 0.05) is 31.7 Å². The van der Waals surface area contributed by atoms with Gasteiger partial charge in [-0.05, 0) is 31.7 Å². The van der Waals surface area contributed by atoms with E-state index in [1.807, 2.05) is 30.0 Å². The van der Waals surface area contributed by atoms with E-state index < -0.39 is 0 Å². The number of piperazine rings is 1. The van der Waals surface area contributed by atoms with E-state index in [0.29, 0.717) is 0 Å². The van der Waals surface area contributed by atoms with Gasteiger partial charge in [0.1, 0.15) is 11.5 Å². The Morgan fingerprint density at radius 1 is 1.22 bits per heavy atom. The number of urea groups is 1. The largest absolute Gasteiger partial charge is 0.497 e. The highest BCUT2D eigenvalue weighted by Crippen LogP contribution is 2.29. The third-order valence-electron chi connectivity index (χ3n) is 4.35. The van der Waals surface area contributed by atoms with Gasteiger partial charge >= 0.3 is 6.03 Å². The van der Waals surface area contributed by atoms with E-state index in [2.05, 4.69) is 17.1 Å². The van der Waals surface area contributed by atoms with Crippen molar-refractivity contribution in [1.82, 2.24) is 15.1 Å². The van der Waals surface area contributed by atoms with Crippen molar-refractivity contribution in [3.8, 4) is 11.5 Å². The molecule has 0 aliphatic carbocycles. The third kappa shape index (κ3) is 4.28. The minimum absolute atomic E-state index is 0.0295. The number of amides is 2. The van der Waals surface area contributed by atoms with E-state index in [9.17, 15) is 4.79 Å². The van der Waals surface area contributed by atoms with Crippen LogP contribution in [0.1, 0.15) is 25.5 Å². The summed E-state index contributed by atoms with van der Waals surface area (Å²) in [4.78, 5) is 16.7. The predicted molar refractivity (Wildman–Crippen MR) is 90.2 cm³/mol. The molecule has 23 heavy (non-hydrogen) atoms. The highest BCUT2D eigenvalue weighted by atomic mass is 16.5. The molecule has 1 aromatic carbocycles. The number of carbonyl (C=O) groups excluding carboxylic acids is 1. The van der Waals surface area contributed by atoms with Crippen molar-refractivity contribution >= 4 is 6.03 Å². The summed E-state index contributed by atoms with van der Waals surface area (Å²) in [6, 6.07) is 5.42. The van der Waals surface area contributed by atoms with E-state index in [0.717, 1.165) is 49.8 Å². The number of hydrogen-bond acceptors (Lipinski definition) is 4. The molecule has 2 amide bonds. The van der Waals surface area contributed by atoms with Gasteiger partial charge < -0.3 is 24.6 Å². The standard InChI is InChI=1S/C17H27N3O3/c1-5-19-8-10-20(11-9-19)17(21)18-13(2)15-12-14(22-3)6-7-16(15)23-4/h6-7,12-13H,5,8-11H2,1-4H3,(H,18,21). The second-order valence-corrected chi connectivity index (χ2v) is 5.70. The van der Waals surface area contributed by atoms with Crippen LogP contribution in [0.5, 0.6) is 11.5 Å². The number of ether oxygens (including phenoxy) is 2. The maximum Gasteiger partial charge on any atom is 0.317 e. The summed E-state index contributed by atoms with van der Waals surface area (Å²) in [6.45, 7) is 8.53. The number of methoxy groups -OCH3 is 2. The molecule has 1 aliphatic heterocycles. The van der Waals surface area contributed by atoms with Gasteiger partial charge in [-0.2, -0.15) is 0 Å². The Morgan fingerprint density at radius 3 is 2.48 bits per heavy atom. The second kappa shape index (κ2) is 8.06. The van der Waals surface area contributed by atoms with E-state index in [1.54, 1.807) is 14.2 Å². The fourth-order valence-corrected chi connectivity index (χ4v) is 2.80. The Kier molecular flexibility index (Phi) is 6.10. The van der Waals surface area contributed by atoms with Crippen molar-refractivity contribution in [1.29, 1.82) is 0 Å². The fraction of sp³-hybridized carbons (Fsp3) is 0.588. The van der Waals surface area contributed by atoms with Crippen LogP contribution in [0, 0.1) is 0 Å². The molecule has 1 saturated heterocycles. The Bertz CT molecular complexity index is 528. The average molecular weight is 321 g/mol. The van der Waals surface area contributed by atoms with Crippen LogP contribution in [0.4, 0.5) is 4.79 Å². The monoisotopic (exact) mass is 321 g/mol. The minimum atomic E-state index is -0.156. The fourth-order valence-electron chi connectivity index (χ4n) is 2.80. The summed E-state index contributed by atoms with van der Waals surface area (Å²) < 4.78 is 10.7. The zero-order valence-electron chi connectivity index (χ0n) is 14.5. The van der Waals surface area contributed by atoms with Crippen LogP contribution < -0.4 is 14.8 Å². The Labute approximate surface area is 138 Å². The number of likely N-dealkylation sites (N-methyl/N-ethyl adjacent to an activating group) is 1. The molecule has 0 bridgehead atoms. The molecule has 0 aromatic heterocycles. The number of nitrogens with one attached hydrogen (secondary N) is 1. The van der Waals surface area contributed by atoms with Gasteiger partial charge in [-0.1, -0.05) is 6.92 Å². The second-order valence-electron chi connectivity index (χ2n) is 5.70. The van der Waals surface area contributed by atoms with Crippen molar-refractivity contribution in [3.05, 3.63) is 23.8 Å². The lowest BCUT2D eigenvalue weighted by Crippen LogP contribution is -2.51. The summed E-state index contributed by atoms with van der Waals surface area (Å²) >= 11 is 0. The molecule has 1 heterocycles. The molecule has 1 N–H and O–H groups in total. The summed E-state index contributed by atoms with van der Waals surface area (Å²) in [6.07, 6.45) is 0. The molecule has 0 radical (unpaired) electrons. The molecule has 0 saturated carbocycles. The van der Waals surface area contributed by atoms with Crippen molar-refractivity contribution in [2.45, 2.75) is 19.9 Å². The minimum Gasteiger partial charge on any atom is -0.497 e. The maximum absolute atomic E-state index is 12.5. The van der Waals surface area contributed by atoms with Crippen molar-refractivity contribution in [2.75, 3.05) is 46.9 Å². The van der Waals surface area contributed by atoms with Gasteiger partial charge in [0.2, 0.25) is 0 Å². The maximum atomic E-state index is 12.5. The highest BCUT2D eigenvalue weighted by molar-refractivity contribution is 5.75. The number of nitrogens with zero attached hydrogens (tertiary/aromatic N) is 2. The predicted octanol–water partition coefficient (Wildman–Crippen LogP) is 2.11. The molecule has 1 aliphatic rings. The molecule has 128 valence electrons. The van der Waals surface area contributed by atoms with E-state index >= 15 is 0 Å². The summed E-state index contributed by atoms with van der Waals surface area (Å²) in [7, 11) is 3.26. The van der Waals surface area contributed by atoms with E-state index in [-0.39, 0.29) is 12.1 Å².